The molecule has 0 unspecified atom stereocenters. The van der Waals surface area contributed by atoms with Crippen LogP contribution in [0.1, 0.15) is 23.3 Å². The van der Waals surface area contributed by atoms with Gasteiger partial charge in [-0.25, -0.2) is 0 Å². The van der Waals surface area contributed by atoms with Crippen molar-refractivity contribution in [3.63, 3.8) is 0 Å². The van der Waals surface area contributed by atoms with Gasteiger partial charge in [-0.3, -0.25) is 0 Å². The van der Waals surface area contributed by atoms with E-state index in [-0.39, 0.29) is 12.2 Å². The molecule has 0 amide bonds. The highest BCUT2D eigenvalue weighted by Crippen LogP contribution is 2.50. The molecule has 2 saturated heterocycles. The van der Waals surface area contributed by atoms with Crippen LogP contribution in [-0.4, -0.2) is 20.3 Å². The molecule has 2 aromatic rings. The van der Waals surface area contributed by atoms with Crippen molar-refractivity contribution in [3.05, 3.63) is 65.7 Å². The predicted octanol–water partition coefficient (Wildman–Crippen LogP) is 3.77. The number of rotatable bonds is 3. The molecule has 4 rings (SSSR count). The van der Waals surface area contributed by atoms with Gasteiger partial charge < -0.3 is 14.2 Å². The van der Waals surface area contributed by atoms with Gasteiger partial charge in [-0.2, -0.15) is 0 Å². The fourth-order valence-electron chi connectivity index (χ4n) is 3.67. The first-order valence-electron chi connectivity index (χ1n) is 7.79. The van der Waals surface area contributed by atoms with E-state index in [1.54, 1.807) is 7.11 Å². The zero-order valence-electron chi connectivity index (χ0n) is 12.6. The van der Waals surface area contributed by atoms with Gasteiger partial charge in [-0.05, 0) is 23.3 Å². The number of ether oxygens (including phenoxy) is 3. The highest BCUT2D eigenvalue weighted by atomic mass is 16.5. The minimum Gasteiger partial charge on any atom is -0.497 e. The molecule has 0 aromatic heterocycles. The second-order valence-corrected chi connectivity index (χ2v) is 6.02. The summed E-state index contributed by atoms with van der Waals surface area (Å²) in [6.07, 6.45) is 0.291. The van der Waals surface area contributed by atoms with Crippen LogP contribution < -0.4 is 4.74 Å². The largest absolute Gasteiger partial charge is 0.497 e. The van der Waals surface area contributed by atoms with Crippen LogP contribution in [-0.2, 0) is 9.47 Å². The van der Waals surface area contributed by atoms with Gasteiger partial charge in [-0.15, -0.1) is 0 Å². The minimum atomic E-state index is 0.129. The molecule has 2 aliphatic rings. The van der Waals surface area contributed by atoms with E-state index in [2.05, 4.69) is 36.4 Å². The summed E-state index contributed by atoms with van der Waals surface area (Å²) >= 11 is 0. The van der Waals surface area contributed by atoms with Crippen molar-refractivity contribution < 1.29 is 14.2 Å². The Kier molecular flexibility index (Phi) is 3.60. The second-order valence-electron chi connectivity index (χ2n) is 6.02. The van der Waals surface area contributed by atoms with Crippen molar-refractivity contribution in [2.75, 3.05) is 20.3 Å². The summed E-state index contributed by atoms with van der Waals surface area (Å²) in [5.74, 6) is 1.75. The third kappa shape index (κ3) is 2.31. The molecular formula is C19H20O3. The molecule has 4 atom stereocenters. The van der Waals surface area contributed by atoms with E-state index in [0.717, 1.165) is 19.0 Å². The van der Waals surface area contributed by atoms with E-state index >= 15 is 0 Å². The van der Waals surface area contributed by atoms with E-state index in [9.17, 15) is 0 Å². The van der Waals surface area contributed by atoms with Crippen molar-refractivity contribution >= 4 is 0 Å². The molecule has 0 aliphatic carbocycles. The topological polar surface area (TPSA) is 27.7 Å². The van der Waals surface area contributed by atoms with Crippen molar-refractivity contribution in [1.29, 1.82) is 0 Å². The third-order valence-electron chi connectivity index (χ3n) is 4.84. The van der Waals surface area contributed by atoms with Gasteiger partial charge >= 0.3 is 0 Å². The van der Waals surface area contributed by atoms with E-state index in [4.69, 9.17) is 14.2 Å². The fraction of sp³-hybridized carbons (Fsp3) is 0.368. The Balaban J connectivity index is 1.55. The summed E-state index contributed by atoms with van der Waals surface area (Å²) in [4.78, 5) is 0. The lowest BCUT2D eigenvalue weighted by molar-refractivity contribution is 0.0193. The van der Waals surface area contributed by atoms with Crippen LogP contribution in [0.5, 0.6) is 5.75 Å². The maximum atomic E-state index is 6.11. The van der Waals surface area contributed by atoms with Crippen LogP contribution >= 0.6 is 0 Å². The lowest BCUT2D eigenvalue weighted by Crippen LogP contribution is -2.14. The summed E-state index contributed by atoms with van der Waals surface area (Å²) in [6, 6.07) is 18.7. The second kappa shape index (κ2) is 5.75. The quantitative estimate of drug-likeness (QED) is 0.863. The van der Waals surface area contributed by atoms with Crippen LogP contribution in [0, 0.1) is 11.8 Å². The molecular weight excluding hydrogens is 276 g/mol. The van der Waals surface area contributed by atoms with Gasteiger partial charge in [0.25, 0.3) is 0 Å². The molecule has 2 aromatic carbocycles. The van der Waals surface area contributed by atoms with E-state index in [1.165, 1.54) is 11.1 Å². The Morgan fingerprint density at radius 2 is 1.32 bits per heavy atom. The molecule has 0 bridgehead atoms. The average Bonchev–Trinajstić information content (AvgIpc) is 3.17. The number of hydrogen-bond donors (Lipinski definition) is 0. The highest BCUT2D eigenvalue weighted by Gasteiger charge is 2.47. The lowest BCUT2D eigenvalue weighted by atomic mass is 9.85. The lowest BCUT2D eigenvalue weighted by Gasteiger charge is -2.17. The Hall–Kier alpha value is -1.84. The standard InChI is InChI=1S/C19H20O3/c1-20-15-9-7-14(8-10-15)19-17-12-21-18(16(17)11-22-19)13-5-3-2-4-6-13/h2-10,16-19H,11-12H2,1H3/t16-,17-,18-,19+/m0/s1. The molecule has 2 aliphatic heterocycles. The Morgan fingerprint density at radius 3 is 1.86 bits per heavy atom. The van der Waals surface area contributed by atoms with Gasteiger partial charge in [0.15, 0.2) is 0 Å². The Morgan fingerprint density at radius 1 is 0.773 bits per heavy atom. The summed E-state index contributed by atoms with van der Waals surface area (Å²) in [7, 11) is 1.69. The predicted molar refractivity (Wildman–Crippen MR) is 83.8 cm³/mol. The summed E-state index contributed by atoms with van der Waals surface area (Å²) < 4.78 is 17.4. The normalized spacial score (nSPS) is 30.2. The molecule has 0 N–H and O–H groups in total. The maximum Gasteiger partial charge on any atom is 0.118 e. The molecule has 114 valence electrons. The summed E-state index contributed by atoms with van der Waals surface area (Å²) in [6.45, 7) is 1.53. The van der Waals surface area contributed by atoms with Crippen LogP contribution in [0.2, 0.25) is 0 Å². The zero-order valence-corrected chi connectivity index (χ0v) is 12.6. The van der Waals surface area contributed by atoms with Gasteiger partial charge in [0.1, 0.15) is 5.75 Å². The molecule has 3 heteroatoms. The number of hydrogen-bond acceptors (Lipinski definition) is 3. The molecule has 3 nitrogen and oxygen atoms in total. The Bertz CT molecular complexity index is 623. The van der Waals surface area contributed by atoms with Crippen molar-refractivity contribution in [3.8, 4) is 5.75 Å². The first kappa shape index (κ1) is 13.8. The van der Waals surface area contributed by atoms with Crippen LogP contribution in [0.4, 0.5) is 0 Å². The first-order valence-corrected chi connectivity index (χ1v) is 7.79. The fourth-order valence-corrected chi connectivity index (χ4v) is 3.67. The number of benzene rings is 2. The van der Waals surface area contributed by atoms with Gasteiger partial charge in [0, 0.05) is 11.8 Å². The van der Waals surface area contributed by atoms with E-state index in [1.807, 2.05) is 18.2 Å². The first-order chi connectivity index (χ1) is 10.9. The van der Waals surface area contributed by atoms with Crippen LogP contribution in [0.25, 0.3) is 0 Å². The molecule has 2 fully saturated rings. The van der Waals surface area contributed by atoms with Gasteiger partial charge in [-0.1, -0.05) is 42.5 Å². The molecule has 2 heterocycles. The van der Waals surface area contributed by atoms with Gasteiger partial charge in [0.2, 0.25) is 0 Å². The molecule has 0 saturated carbocycles. The molecule has 22 heavy (non-hydrogen) atoms. The minimum absolute atomic E-state index is 0.129. The van der Waals surface area contributed by atoms with Gasteiger partial charge in [0.05, 0.1) is 32.5 Å². The van der Waals surface area contributed by atoms with E-state index in [0.29, 0.717) is 11.8 Å². The monoisotopic (exact) mass is 296 g/mol. The average molecular weight is 296 g/mol. The number of methoxy groups -OCH3 is 1. The van der Waals surface area contributed by atoms with E-state index < -0.39 is 0 Å². The van der Waals surface area contributed by atoms with Crippen molar-refractivity contribution in [2.24, 2.45) is 11.8 Å². The molecule has 0 spiro atoms. The smallest absolute Gasteiger partial charge is 0.118 e. The number of fused-ring (bicyclic) bond motifs is 1. The van der Waals surface area contributed by atoms with Crippen molar-refractivity contribution in [2.45, 2.75) is 12.2 Å². The summed E-state index contributed by atoms with van der Waals surface area (Å²) in [5, 5.41) is 0. The Labute approximate surface area is 130 Å². The SMILES string of the molecule is COc1ccc([C@H]2OC[C@H]3[C@@H]2CO[C@H]3c2ccccc2)cc1. The van der Waals surface area contributed by atoms with Crippen molar-refractivity contribution in [1.82, 2.24) is 0 Å². The summed E-state index contributed by atoms with van der Waals surface area (Å²) in [5.41, 5.74) is 2.47. The van der Waals surface area contributed by atoms with Crippen LogP contribution in [0.3, 0.4) is 0 Å². The maximum absolute atomic E-state index is 6.11. The molecule has 0 radical (unpaired) electrons. The van der Waals surface area contributed by atoms with Crippen LogP contribution in [0.15, 0.2) is 54.6 Å². The zero-order chi connectivity index (χ0) is 14.9. The third-order valence-corrected chi connectivity index (χ3v) is 4.84. The highest BCUT2D eigenvalue weighted by molar-refractivity contribution is 5.30.